The van der Waals surface area contributed by atoms with Crippen LogP contribution in [0.3, 0.4) is 0 Å². The third-order valence-corrected chi connectivity index (χ3v) is 3.14. The molecule has 0 heterocycles. The highest BCUT2D eigenvalue weighted by Gasteiger charge is 2.12. The van der Waals surface area contributed by atoms with Gasteiger partial charge in [-0.1, -0.05) is 30.4 Å². The standard InChI is InChI=1S/C19H19N3O3/c1-3-12-25-17-10-6-15(7-11-17)13-20-22-19(24)18(23)21-16-8-4-14(2)5-9-16/h3-11,13H,1,12H2,2H3,(H,21,23)(H,22,24)/b20-13-. The maximum absolute atomic E-state index is 11.8. The van der Waals surface area contributed by atoms with Gasteiger partial charge in [-0.15, -0.1) is 0 Å². The van der Waals surface area contributed by atoms with E-state index in [0.717, 1.165) is 11.1 Å². The number of hydrazone groups is 1. The van der Waals surface area contributed by atoms with E-state index in [2.05, 4.69) is 22.4 Å². The number of amides is 2. The molecule has 0 bridgehead atoms. The number of nitrogens with zero attached hydrogens (tertiary/aromatic N) is 1. The van der Waals surface area contributed by atoms with Crippen LogP contribution in [-0.2, 0) is 9.59 Å². The predicted octanol–water partition coefficient (Wildman–Crippen LogP) is 2.65. The lowest BCUT2D eigenvalue weighted by atomic mass is 10.2. The minimum absolute atomic E-state index is 0.430. The maximum Gasteiger partial charge on any atom is 0.329 e. The molecule has 6 heteroatoms. The fraction of sp³-hybridized carbons (Fsp3) is 0.105. The first kappa shape index (κ1) is 17.9. The van der Waals surface area contributed by atoms with Crippen LogP contribution in [0.15, 0.2) is 66.3 Å². The van der Waals surface area contributed by atoms with Gasteiger partial charge in [-0.3, -0.25) is 9.59 Å². The summed E-state index contributed by atoms with van der Waals surface area (Å²) < 4.78 is 5.36. The van der Waals surface area contributed by atoms with Crippen molar-refractivity contribution in [2.75, 3.05) is 11.9 Å². The average molecular weight is 337 g/mol. The minimum Gasteiger partial charge on any atom is -0.490 e. The van der Waals surface area contributed by atoms with Crippen molar-refractivity contribution in [3.8, 4) is 5.75 Å². The summed E-state index contributed by atoms with van der Waals surface area (Å²) in [6.45, 7) is 5.94. The number of rotatable bonds is 6. The summed E-state index contributed by atoms with van der Waals surface area (Å²) in [4.78, 5) is 23.5. The number of ether oxygens (including phenoxy) is 1. The van der Waals surface area contributed by atoms with Crippen LogP contribution < -0.4 is 15.5 Å². The number of benzene rings is 2. The highest BCUT2D eigenvalue weighted by Crippen LogP contribution is 2.11. The molecule has 0 radical (unpaired) electrons. The molecule has 128 valence electrons. The first-order valence-electron chi connectivity index (χ1n) is 7.63. The van der Waals surface area contributed by atoms with Gasteiger partial charge in [-0.25, -0.2) is 5.43 Å². The quantitative estimate of drug-likeness (QED) is 0.368. The Hall–Kier alpha value is -3.41. The molecule has 0 aromatic heterocycles. The number of nitrogens with one attached hydrogen (secondary N) is 2. The van der Waals surface area contributed by atoms with E-state index in [1.165, 1.54) is 6.21 Å². The maximum atomic E-state index is 11.8. The summed E-state index contributed by atoms with van der Waals surface area (Å²) in [7, 11) is 0. The first-order chi connectivity index (χ1) is 12.1. The summed E-state index contributed by atoms with van der Waals surface area (Å²) in [5.41, 5.74) is 4.55. The van der Waals surface area contributed by atoms with E-state index in [4.69, 9.17) is 4.74 Å². The van der Waals surface area contributed by atoms with Crippen molar-refractivity contribution < 1.29 is 14.3 Å². The molecule has 2 rings (SSSR count). The third-order valence-electron chi connectivity index (χ3n) is 3.14. The van der Waals surface area contributed by atoms with Gasteiger partial charge in [0.1, 0.15) is 12.4 Å². The Labute approximate surface area is 146 Å². The number of hydrogen-bond acceptors (Lipinski definition) is 4. The lowest BCUT2D eigenvalue weighted by molar-refractivity contribution is -0.136. The Bertz CT molecular complexity index is 766. The van der Waals surface area contributed by atoms with Crippen molar-refractivity contribution in [1.29, 1.82) is 0 Å². The van der Waals surface area contributed by atoms with E-state index in [0.29, 0.717) is 18.0 Å². The van der Waals surface area contributed by atoms with Crippen molar-refractivity contribution in [3.63, 3.8) is 0 Å². The van der Waals surface area contributed by atoms with Crippen LogP contribution in [0.4, 0.5) is 5.69 Å². The van der Waals surface area contributed by atoms with Gasteiger partial charge in [0.05, 0.1) is 6.21 Å². The van der Waals surface area contributed by atoms with E-state index >= 15 is 0 Å². The number of carbonyl (C=O) groups excluding carboxylic acids is 2. The van der Waals surface area contributed by atoms with E-state index < -0.39 is 11.8 Å². The van der Waals surface area contributed by atoms with E-state index in [1.54, 1.807) is 42.5 Å². The Morgan fingerprint density at radius 3 is 2.40 bits per heavy atom. The number of aryl methyl sites for hydroxylation is 1. The molecule has 0 saturated carbocycles. The SMILES string of the molecule is C=CCOc1ccc(/C=N\NC(=O)C(=O)Nc2ccc(C)cc2)cc1. The molecular weight excluding hydrogens is 318 g/mol. The zero-order valence-electron chi connectivity index (χ0n) is 13.9. The topological polar surface area (TPSA) is 79.8 Å². The van der Waals surface area contributed by atoms with Gasteiger partial charge >= 0.3 is 11.8 Å². The van der Waals surface area contributed by atoms with Crippen molar-refractivity contribution in [2.45, 2.75) is 6.92 Å². The number of hydrogen-bond donors (Lipinski definition) is 2. The second kappa shape index (κ2) is 9.02. The molecule has 0 saturated heterocycles. The highest BCUT2D eigenvalue weighted by molar-refractivity contribution is 6.39. The molecule has 0 spiro atoms. The molecule has 0 aliphatic carbocycles. The molecule has 0 fully saturated rings. The van der Waals surface area contributed by atoms with Gasteiger partial charge in [0.25, 0.3) is 0 Å². The monoisotopic (exact) mass is 337 g/mol. The zero-order chi connectivity index (χ0) is 18.1. The minimum atomic E-state index is -0.845. The fourth-order valence-corrected chi connectivity index (χ4v) is 1.85. The smallest absolute Gasteiger partial charge is 0.329 e. The average Bonchev–Trinajstić information content (AvgIpc) is 2.62. The van der Waals surface area contributed by atoms with Crippen LogP contribution >= 0.6 is 0 Å². The largest absolute Gasteiger partial charge is 0.490 e. The Balaban J connectivity index is 1.83. The first-order valence-corrected chi connectivity index (χ1v) is 7.63. The van der Waals surface area contributed by atoms with Crippen molar-refractivity contribution >= 4 is 23.7 Å². The van der Waals surface area contributed by atoms with Crippen molar-refractivity contribution in [3.05, 3.63) is 72.3 Å². The molecule has 0 unspecified atom stereocenters. The third kappa shape index (κ3) is 5.95. The predicted molar refractivity (Wildman–Crippen MR) is 97.7 cm³/mol. The molecule has 6 nitrogen and oxygen atoms in total. The molecule has 2 N–H and O–H groups in total. The van der Waals surface area contributed by atoms with Gasteiger partial charge < -0.3 is 10.1 Å². The Morgan fingerprint density at radius 2 is 1.76 bits per heavy atom. The second-order valence-electron chi connectivity index (χ2n) is 5.19. The molecule has 25 heavy (non-hydrogen) atoms. The second-order valence-corrected chi connectivity index (χ2v) is 5.19. The van der Waals surface area contributed by atoms with Crippen LogP contribution in [-0.4, -0.2) is 24.6 Å². The molecular formula is C19H19N3O3. The Kier molecular flexibility index (Phi) is 6.47. The molecule has 0 aliphatic heterocycles. The summed E-state index contributed by atoms with van der Waals surface area (Å²) >= 11 is 0. The van der Waals surface area contributed by atoms with Gasteiger partial charge in [0.2, 0.25) is 0 Å². The van der Waals surface area contributed by atoms with E-state index in [9.17, 15) is 9.59 Å². The lowest BCUT2D eigenvalue weighted by Gasteiger charge is -2.04. The van der Waals surface area contributed by atoms with Gasteiger partial charge in [-0.2, -0.15) is 5.10 Å². The summed E-state index contributed by atoms with van der Waals surface area (Å²) in [6.07, 6.45) is 3.10. The summed E-state index contributed by atoms with van der Waals surface area (Å²) in [6, 6.07) is 14.2. The van der Waals surface area contributed by atoms with Gasteiger partial charge in [-0.05, 0) is 48.9 Å². The van der Waals surface area contributed by atoms with E-state index in [1.807, 2.05) is 19.1 Å². The van der Waals surface area contributed by atoms with Crippen LogP contribution in [0.25, 0.3) is 0 Å². The summed E-state index contributed by atoms with van der Waals surface area (Å²) in [5.74, 6) is -0.921. The zero-order valence-corrected chi connectivity index (χ0v) is 13.9. The van der Waals surface area contributed by atoms with Crippen molar-refractivity contribution in [1.82, 2.24) is 5.43 Å². The van der Waals surface area contributed by atoms with Crippen LogP contribution in [0.1, 0.15) is 11.1 Å². The van der Waals surface area contributed by atoms with Crippen LogP contribution in [0.5, 0.6) is 5.75 Å². The number of carbonyl (C=O) groups is 2. The molecule has 2 aromatic carbocycles. The lowest BCUT2D eigenvalue weighted by Crippen LogP contribution is -2.32. The molecule has 2 aromatic rings. The molecule has 0 aliphatic rings. The highest BCUT2D eigenvalue weighted by atomic mass is 16.5. The normalized spacial score (nSPS) is 10.3. The van der Waals surface area contributed by atoms with E-state index in [-0.39, 0.29) is 0 Å². The molecule has 2 amide bonds. The van der Waals surface area contributed by atoms with Gasteiger partial charge in [0.15, 0.2) is 0 Å². The summed E-state index contributed by atoms with van der Waals surface area (Å²) in [5, 5.41) is 6.26. The molecule has 0 atom stereocenters. The van der Waals surface area contributed by atoms with Crippen LogP contribution in [0, 0.1) is 6.92 Å². The van der Waals surface area contributed by atoms with Gasteiger partial charge in [0, 0.05) is 5.69 Å². The van der Waals surface area contributed by atoms with Crippen LogP contribution in [0.2, 0.25) is 0 Å². The number of anilines is 1. The fourth-order valence-electron chi connectivity index (χ4n) is 1.85. The Morgan fingerprint density at radius 1 is 1.08 bits per heavy atom. The van der Waals surface area contributed by atoms with Crippen molar-refractivity contribution in [2.24, 2.45) is 5.10 Å².